The van der Waals surface area contributed by atoms with Crippen molar-refractivity contribution >= 4 is 21.8 Å². The minimum absolute atomic E-state index is 0.0232. The van der Waals surface area contributed by atoms with Crippen LogP contribution in [0.2, 0.25) is 0 Å². The maximum Gasteiger partial charge on any atom is 0.229 e. The number of nitrogens with zero attached hydrogens (tertiary/aromatic N) is 1. The van der Waals surface area contributed by atoms with E-state index in [0.717, 1.165) is 11.5 Å². The fourth-order valence-corrected chi connectivity index (χ4v) is 3.72. The highest BCUT2D eigenvalue weighted by Crippen LogP contribution is 2.35. The van der Waals surface area contributed by atoms with Crippen molar-refractivity contribution < 1.29 is 18.3 Å². The predicted molar refractivity (Wildman–Crippen MR) is 123 cm³/mol. The molecule has 0 unspecified atom stereocenters. The van der Waals surface area contributed by atoms with E-state index in [1.807, 2.05) is 30.3 Å². The van der Waals surface area contributed by atoms with Gasteiger partial charge in [0.1, 0.15) is 11.5 Å². The third kappa shape index (κ3) is 3.67. The van der Waals surface area contributed by atoms with Crippen LogP contribution in [0.15, 0.2) is 71.5 Å². The summed E-state index contributed by atoms with van der Waals surface area (Å²) in [7, 11) is 1.54. The van der Waals surface area contributed by atoms with Crippen LogP contribution >= 0.6 is 0 Å². The summed E-state index contributed by atoms with van der Waals surface area (Å²) in [6.07, 6.45) is 0. The van der Waals surface area contributed by atoms with Gasteiger partial charge in [0.15, 0.2) is 17.1 Å². The van der Waals surface area contributed by atoms with Gasteiger partial charge in [-0.15, -0.1) is 0 Å². The van der Waals surface area contributed by atoms with E-state index in [1.165, 1.54) is 26.2 Å². The van der Waals surface area contributed by atoms with Crippen molar-refractivity contribution in [2.24, 2.45) is 0 Å². The molecule has 0 atom stereocenters. The van der Waals surface area contributed by atoms with Crippen LogP contribution in [0.3, 0.4) is 0 Å². The van der Waals surface area contributed by atoms with Crippen molar-refractivity contribution in [1.82, 2.24) is 9.97 Å². The number of aromatic amines is 1. The summed E-state index contributed by atoms with van der Waals surface area (Å²) in [5.41, 5.74) is 2.07. The van der Waals surface area contributed by atoms with Crippen LogP contribution < -0.4 is 14.9 Å². The lowest BCUT2D eigenvalue weighted by molar-refractivity contribution is 0.415. The molecule has 2 aromatic heterocycles. The topological polar surface area (TPSA) is 64.2 Å². The molecule has 33 heavy (non-hydrogen) atoms. The third-order valence-electron chi connectivity index (χ3n) is 5.51. The van der Waals surface area contributed by atoms with E-state index >= 15 is 0 Å². The molecule has 0 saturated heterocycles. The lowest BCUT2D eigenvalue weighted by Crippen LogP contribution is -2.04. The number of rotatable bonds is 4. The second-order valence-electron chi connectivity index (χ2n) is 7.58. The third-order valence-corrected chi connectivity index (χ3v) is 5.51. The Morgan fingerprint density at radius 1 is 0.970 bits per heavy atom. The first kappa shape index (κ1) is 20.6. The molecule has 164 valence electrons. The quantitative estimate of drug-likeness (QED) is 0.362. The van der Waals surface area contributed by atoms with Gasteiger partial charge in [0.05, 0.1) is 23.9 Å². The Kier molecular flexibility index (Phi) is 5.01. The van der Waals surface area contributed by atoms with Crippen molar-refractivity contribution in [2.45, 2.75) is 6.92 Å². The van der Waals surface area contributed by atoms with Crippen molar-refractivity contribution in [3.05, 3.63) is 94.2 Å². The van der Waals surface area contributed by atoms with Crippen molar-refractivity contribution in [3.63, 3.8) is 0 Å². The highest BCUT2D eigenvalue weighted by molar-refractivity contribution is 5.88. The number of aromatic nitrogens is 2. The van der Waals surface area contributed by atoms with Gasteiger partial charge in [-0.1, -0.05) is 18.2 Å². The van der Waals surface area contributed by atoms with E-state index in [0.29, 0.717) is 33.4 Å². The normalized spacial score (nSPS) is 11.2. The standard InChI is InChI=1S/C26H18F2N2O3/c1-14-24(10-8-19(27)25(14)28)33-26-18(11-15-5-3-4-6-20(15)30-26)22-13-23(31)17-12-16(32-2)7-9-21(17)29-22/h3-13H,1-2H3,(H,29,31). The zero-order valence-corrected chi connectivity index (χ0v) is 17.8. The highest BCUT2D eigenvalue weighted by atomic mass is 19.2. The molecule has 7 heteroatoms. The van der Waals surface area contributed by atoms with Gasteiger partial charge < -0.3 is 14.5 Å². The fraction of sp³-hybridized carbons (Fsp3) is 0.0769. The molecule has 0 aliphatic heterocycles. The number of hydrogen-bond acceptors (Lipinski definition) is 4. The average Bonchev–Trinajstić information content (AvgIpc) is 2.83. The molecule has 0 fully saturated rings. The monoisotopic (exact) mass is 444 g/mol. The molecule has 0 bridgehead atoms. The lowest BCUT2D eigenvalue weighted by atomic mass is 10.1. The van der Waals surface area contributed by atoms with Gasteiger partial charge in [0.2, 0.25) is 5.88 Å². The summed E-state index contributed by atoms with van der Waals surface area (Å²) in [5.74, 6) is -1.08. The molecule has 5 rings (SSSR count). The van der Waals surface area contributed by atoms with Gasteiger partial charge in [-0.3, -0.25) is 4.79 Å². The summed E-state index contributed by atoms with van der Waals surface area (Å²) in [6, 6.07) is 18.3. The number of halogens is 2. The van der Waals surface area contributed by atoms with Gasteiger partial charge in [0.25, 0.3) is 0 Å². The number of H-pyrrole nitrogens is 1. The fourth-order valence-electron chi connectivity index (χ4n) is 3.72. The molecule has 0 aliphatic carbocycles. The SMILES string of the molecule is COc1ccc2[nH]c(-c3cc4ccccc4nc3Oc3ccc(F)c(F)c3C)cc(=O)c2c1. The highest BCUT2D eigenvalue weighted by Gasteiger charge is 2.17. The van der Waals surface area contributed by atoms with E-state index in [-0.39, 0.29) is 22.6 Å². The molecule has 2 heterocycles. The molecule has 0 amide bonds. The Balaban J connectivity index is 1.72. The molecular formula is C26H18F2N2O3. The second kappa shape index (κ2) is 8.02. The molecule has 0 aliphatic rings. The van der Waals surface area contributed by atoms with E-state index < -0.39 is 11.6 Å². The second-order valence-corrected chi connectivity index (χ2v) is 7.58. The average molecular weight is 444 g/mol. The predicted octanol–water partition coefficient (Wildman–Crippen LogP) is 6.13. The molecule has 1 N–H and O–H groups in total. The van der Waals surface area contributed by atoms with E-state index in [2.05, 4.69) is 9.97 Å². The zero-order valence-electron chi connectivity index (χ0n) is 17.8. The van der Waals surface area contributed by atoms with Crippen molar-refractivity contribution in [1.29, 1.82) is 0 Å². The number of benzene rings is 3. The van der Waals surface area contributed by atoms with E-state index in [1.54, 1.807) is 18.2 Å². The minimum Gasteiger partial charge on any atom is -0.497 e. The van der Waals surface area contributed by atoms with Gasteiger partial charge in [0, 0.05) is 27.9 Å². The first-order chi connectivity index (χ1) is 15.9. The Morgan fingerprint density at radius 2 is 1.79 bits per heavy atom. The maximum atomic E-state index is 14.1. The van der Waals surface area contributed by atoms with Crippen molar-refractivity contribution in [3.8, 4) is 28.6 Å². The Morgan fingerprint density at radius 3 is 2.61 bits per heavy atom. The maximum absolute atomic E-state index is 14.1. The van der Waals surface area contributed by atoms with Crippen LogP contribution in [0.4, 0.5) is 8.78 Å². The molecule has 0 radical (unpaired) electrons. The first-order valence-electron chi connectivity index (χ1n) is 10.2. The number of para-hydroxylation sites is 1. The summed E-state index contributed by atoms with van der Waals surface area (Å²) >= 11 is 0. The molecule has 0 spiro atoms. The van der Waals surface area contributed by atoms with Gasteiger partial charge in [-0.2, -0.15) is 0 Å². The lowest BCUT2D eigenvalue weighted by Gasteiger charge is -2.14. The number of pyridine rings is 2. The Bertz CT molecular complexity index is 1590. The molecule has 5 aromatic rings. The van der Waals surface area contributed by atoms with Crippen LogP contribution in [0.25, 0.3) is 33.1 Å². The summed E-state index contributed by atoms with van der Waals surface area (Å²) in [6.45, 7) is 1.43. The van der Waals surface area contributed by atoms with Gasteiger partial charge in [-0.05, 0) is 49.4 Å². The summed E-state index contributed by atoms with van der Waals surface area (Å²) in [4.78, 5) is 20.7. The Labute approximate surface area is 187 Å². The smallest absolute Gasteiger partial charge is 0.229 e. The van der Waals surface area contributed by atoms with Crippen LogP contribution in [-0.2, 0) is 0 Å². The van der Waals surface area contributed by atoms with Crippen LogP contribution in [-0.4, -0.2) is 17.1 Å². The largest absolute Gasteiger partial charge is 0.497 e. The van der Waals surface area contributed by atoms with E-state index in [9.17, 15) is 13.6 Å². The number of hydrogen-bond donors (Lipinski definition) is 1. The Hall–Kier alpha value is -4.26. The van der Waals surface area contributed by atoms with Gasteiger partial charge in [-0.25, -0.2) is 13.8 Å². The first-order valence-corrected chi connectivity index (χ1v) is 10.2. The van der Waals surface area contributed by atoms with Crippen LogP contribution in [0.5, 0.6) is 17.4 Å². The summed E-state index contributed by atoms with van der Waals surface area (Å²) in [5, 5.41) is 1.31. The van der Waals surface area contributed by atoms with Crippen LogP contribution in [0.1, 0.15) is 5.56 Å². The van der Waals surface area contributed by atoms with Crippen molar-refractivity contribution in [2.75, 3.05) is 7.11 Å². The minimum atomic E-state index is -0.983. The van der Waals surface area contributed by atoms with Crippen LogP contribution in [0, 0.1) is 18.6 Å². The number of fused-ring (bicyclic) bond motifs is 2. The van der Waals surface area contributed by atoms with E-state index in [4.69, 9.17) is 9.47 Å². The summed E-state index contributed by atoms with van der Waals surface area (Å²) < 4.78 is 38.9. The molecule has 0 saturated carbocycles. The molecular weight excluding hydrogens is 426 g/mol. The number of ether oxygens (including phenoxy) is 2. The molecule has 5 nitrogen and oxygen atoms in total. The zero-order chi connectivity index (χ0) is 23.1. The molecule has 3 aromatic carbocycles. The number of methoxy groups -OCH3 is 1. The number of nitrogens with one attached hydrogen (secondary N) is 1. The van der Waals surface area contributed by atoms with Gasteiger partial charge >= 0.3 is 0 Å².